The predicted octanol–water partition coefficient (Wildman–Crippen LogP) is 3.39. The first kappa shape index (κ1) is 15.9. The van der Waals surface area contributed by atoms with Gasteiger partial charge in [0, 0.05) is 25.6 Å². The van der Waals surface area contributed by atoms with Crippen molar-refractivity contribution in [3.05, 3.63) is 47.6 Å². The second-order valence-corrected chi connectivity index (χ2v) is 6.66. The quantitative estimate of drug-likeness (QED) is 0.731. The molecule has 1 aliphatic heterocycles. The summed E-state index contributed by atoms with van der Waals surface area (Å²) in [5, 5.41) is 4.11. The molecule has 130 valence electrons. The summed E-state index contributed by atoms with van der Waals surface area (Å²) in [6.45, 7) is 5.30. The molecule has 0 N–H and O–H groups in total. The lowest BCUT2D eigenvalue weighted by atomic mass is 10.1. The first-order valence-corrected chi connectivity index (χ1v) is 8.78. The summed E-state index contributed by atoms with van der Waals surface area (Å²) in [5.41, 5.74) is 2.93. The van der Waals surface area contributed by atoms with E-state index in [0.29, 0.717) is 13.0 Å². The summed E-state index contributed by atoms with van der Waals surface area (Å²) in [4.78, 5) is 19.3. The number of carbonyl (C=O) groups excluding carboxylic acids is 1. The van der Waals surface area contributed by atoms with Gasteiger partial charge in [-0.3, -0.25) is 4.79 Å². The number of para-hydroxylation sites is 2. The molecule has 0 saturated carbocycles. The largest absolute Gasteiger partial charge is 0.361 e. The summed E-state index contributed by atoms with van der Waals surface area (Å²) in [6.07, 6.45) is 2.43. The van der Waals surface area contributed by atoms with Crippen LogP contribution in [-0.4, -0.2) is 32.1 Å². The number of aromatic nitrogens is 3. The highest BCUT2D eigenvalue weighted by Crippen LogP contribution is 2.32. The molecule has 1 amide bonds. The molecule has 25 heavy (non-hydrogen) atoms. The van der Waals surface area contributed by atoms with Crippen LogP contribution in [0.1, 0.15) is 42.6 Å². The van der Waals surface area contributed by atoms with E-state index in [1.807, 2.05) is 43.0 Å². The molecular formula is C19H22N4O2. The lowest BCUT2D eigenvalue weighted by Crippen LogP contribution is -2.31. The molecule has 6 heteroatoms. The van der Waals surface area contributed by atoms with Gasteiger partial charge in [-0.25, -0.2) is 4.98 Å². The lowest BCUT2D eigenvalue weighted by Gasteiger charge is -2.23. The Hall–Kier alpha value is -2.63. The molecule has 0 radical (unpaired) electrons. The summed E-state index contributed by atoms with van der Waals surface area (Å²) in [5.74, 6) is 1.90. The molecule has 3 heterocycles. The van der Waals surface area contributed by atoms with Gasteiger partial charge in [0.1, 0.15) is 17.3 Å². The molecule has 0 spiro atoms. The maximum Gasteiger partial charge on any atom is 0.224 e. The standard InChI is InChI=1S/C19H22N4O2/c1-13-12-16(21-25-13)18-8-5-10-23(18)19(24)9-11-22-14(2)20-15-6-3-4-7-17(15)22/h3-4,6-7,12,18H,5,8-11H2,1-2H3. The fourth-order valence-electron chi connectivity index (χ4n) is 3.74. The summed E-state index contributed by atoms with van der Waals surface area (Å²) < 4.78 is 7.31. The fraction of sp³-hybridized carbons (Fsp3) is 0.421. The summed E-state index contributed by atoms with van der Waals surface area (Å²) >= 11 is 0. The van der Waals surface area contributed by atoms with Crippen LogP contribution in [0.3, 0.4) is 0 Å². The Bertz CT molecular complexity index is 911. The highest BCUT2D eigenvalue weighted by molar-refractivity contribution is 5.78. The Morgan fingerprint density at radius 2 is 2.16 bits per heavy atom. The van der Waals surface area contributed by atoms with Crippen LogP contribution in [0, 0.1) is 13.8 Å². The van der Waals surface area contributed by atoms with Crippen molar-refractivity contribution in [2.45, 2.75) is 45.7 Å². The van der Waals surface area contributed by atoms with Gasteiger partial charge >= 0.3 is 0 Å². The van der Waals surface area contributed by atoms with Crippen LogP contribution in [0.5, 0.6) is 0 Å². The number of hydrogen-bond acceptors (Lipinski definition) is 4. The van der Waals surface area contributed by atoms with E-state index in [1.54, 1.807) is 0 Å². The van der Waals surface area contributed by atoms with Crippen molar-refractivity contribution in [2.24, 2.45) is 0 Å². The molecule has 1 saturated heterocycles. The minimum Gasteiger partial charge on any atom is -0.361 e. The maximum atomic E-state index is 12.8. The van der Waals surface area contributed by atoms with E-state index in [1.165, 1.54) is 0 Å². The number of hydrogen-bond donors (Lipinski definition) is 0. The Kier molecular flexibility index (Phi) is 4.03. The van der Waals surface area contributed by atoms with Crippen molar-refractivity contribution in [1.82, 2.24) is 19.6 Å². The van der Waals surface area contributed by atoms with Crippen LogP contribution < -0.4 is 0 Å². The van der Waals surface area contributed by atoms with E-state index < -0.39 is 0 Å². The first-order valence-electron chi connectivity index (χ1n) is 8.78. The van der Waals surface area contributed by atoms with Gasteiger partial charge in [0.05, 0.1) is 17.1 Å². The smallest absolute Gasteiger partial charge is 0.224 e. The molecule has 0 bridgehead atoms. The Morgan fingerprint density at radius 1 is 1.32 bits per heavy atom. The maximum absolute atomic E-state index is 12.8. The molecule has 1 atom stereocenters. The molecular weight excluding hydrogens is 316 g/mol. The van der Waals surface area contributed by atoms with E-state index in [0.717, 1.165) is 47.7 Å². The highest BCUT2D eigenvalue weighted by atomic mass is 16.5. The number of rotatable bonds is 4. The Morgan fingerprint density at radius 3 is 2.96 bits per heavy atom. The zero-order valence-electron chi connectivity index (χ0n) is 14.6. The van der Waals surface area contributed by atoms with Gasteiger partial charge in [-0.2, -0.15) is 0 Å². The SMILES string of the molecule is Cc1cc(C2CCCN2C(=O)CCn2c(C)nc3ccccc32)no1. The molecule has 1 aromatic carbocycles. The fourth-order valence-corrected chi connectivity index (χ4v) is 3.74. The number of aryl methyl sites for hydroxylation is 3. The second-order valence-electron chi connectivity index (χ2n) is 6.66. The van der Waals surface area contributed by atoms with Crippen molar-refractivity contribution in [1.29, 1.82) is 0 Å². The van der Waals surface area contributed by atoms with Crippen molar-refractivity contribution >= 4 is 16.9 Å². The van der Waals surface area contributed by atoms with E-state index in [4.69, 9.17) is 4.52 Å². The van der Waals surface area contributed by atoms with Gasteiger partial charge < -0.3 is 14.0 Å². The van der Waals surface area contributed by atoms with Gasteiger partial charge in [-0.05, 0) is 38.8 Å². The van der Waals surface area contributed by atoms with Crippen molar-refractivity contribution in [3.8, 4) is 0 Å². The third-order valence-electron chi connectivity index (χ3n) is 4.96. The van der Waals surface area contributed by atoms with E-state index in [2.05, 4.69) is 20.8 Å². The summed E-state index contributed by atoms with van der Waals surface area (Å²) in [6, 6.07) is 10.0. The first-order chi connectivity index (χ1) is 12.1. The van der Waals surface area contributed by atoms with Crippen molar-refractivity contribution in [3.63, 3.8) is 0 Å². The molecule has 0 aliphatic carbocycles. The second kappa shape index (κ2) is 6.35. The summed E-state index contributed by atoms with van der Waals surface area (Å²) in [7, 11) is 0. The van der Waals surface area contributed by atoms with E-state index >= 15 is 0 Å². The van der Waals surface area contributed by atoms with Crippen molar-refractivity contribution < 1.29 is 9.32 Å². The lowest BCUT2D eigenvalue weighted by molar-refractivity contribution is -0.132. The molecule has 1 aliphatic rings. The number of imidazole rings is 1. The number of benzene rings is 1. The minimum absolute atomic E-state index is 0.0468. The minimum atomic E-state index is 0.0468. The topological polar surface area (TPSA) is 64.2 Å². The van der Waals surface area contributed by atoms with Crippen LogP contribution >= 0.6 is 0 Å². The highest BCUT2D eigenvalue weighted by Gasteiger charge is 2.31. The molecule has 4 rings (SSSR count). The zero-order valence-corrected chi connectivity index (χ0v) is 14.6. The number of likely N-dealkylation sites (tertiary alicyclic amines) is 1. The average Bonchev–Trinajstić information content (AvgIpc) is 3.30. The van der Waals surface area contributed by atoms with E-state index in [-0.39, 0.29) is 11.9 Å². The van der Waals surface area contributed by atoms with Gasteiger partial charge in [0.15, 0.2) is 0 Å². The molecule has 2 aromatic heterocycles. The molecule has 3 aromatic rings. The third kappa shape index (κ3) is 2.92. The monoisotopic (exact) mass is 338 g/mol. The van der Waals surface area contributed by atoms with Gasteiger partial charge in [-0.1, -0.05) is 17.3 Å². The van der Waals surface area contributed by atoms with Crippen LogP contribution in [0.2, 0.25) is 0 Å². The normalized spacial score (nSPS) is 17.5. The van der Waals surface area contributed by atoms with Gasteiger partial charge in [0.2, 0.25) is 5.91 Å². The Balaban J connectivity index is 1.49. The van der Waals surface area contributed by atoms with Crippen LogP contribution in [0.25, 0.3) is 11.0 Å². The zero-order chi connectivity index (χ0) is 17.4. The molecule has 1 fully saturated rings. The average molecular weight is 338 g/mol. The van der Waals surface area contributed by atoms with Crippen LogP contribution in [0.15, 0.2) is 34.9 Å². The van der Waals surface area contributed by atoms with Crippen LogP contribution in [0.4, 0.5) is 0 Å². The number of fused-ring (bicyclic) bond motifs is 1. The van der Waals surface area contributed by atoms with E-state index in [9.17, 15) is 4.79 Å². The van der Waals surface area contributed by atoms with Gasteiger partial charge in [0.25, 0.3) is 0 Å². The van der Waals surface area contributed by atoms with Crippen molar-refractivity contribution in [2.75, 3.05) is 6.54 Å². The predicted molar refractivity (Wildman–Crippen MR) is 94.0 cm³/mol. The Labute approximate surface area is 146 Å². The molecule has 6 nitrogen and oxygen atoms in total. The third-order valence-corrected chi connectivity index (χ3v) is 4.96. The van der Waals surface area contributed by atoms with Crippen LogP contribution in [-0.2, 0) is 11.3 Å². The number of nitrogens with zero attached hydrogens (tertiary/aromatic N) is 4. The molecule has 1 unspecified atom stereocenters. The number of carbonyl (C=O) groups is 1. The number of amides is 1. The van der Waals surface area contributed by atoms with Gasteiger partial charge in [-0.15, -0.1) is 0 Å².